The monoisotopic (exact) mass is 874 g/mol. The summed E-state index contributed by atoms with van der Waals surface area (Å²) in [4.78, 5) is 0. The first kappa shape index (κ1) is 44.4. The van der Waals surface area contributed by atoms with Gasteiger partial charge in [-0.3, -0.25) is 0 Å². The molecule has 62 heavy (non-hydrogen) atoms. The second-order valence-electron chi connectivity index (χ2n) is 19.2. The van der Waals surface area contributed by atoms with Crippen molar-refractivity contribution in [3.8, 4) is 0 Å². The van der Waals surface area contributed by atoms with E-state index in [1.165, 1.54) is 31.1 Å². The van der Waals surface area contributed by atoms with Gasteiger partial charge in [-0.1, -0.05) is 224 Å². The van der Waals surface area contributed by atoms with Gasteiger partial charge in [0.05, 0.1) is 13.2 Å². The molecular formula is C55H66O4Si3. The fraction of sp³-hybridized carbons (Fsp3) is 0.345. The van der Waals surface area contributed by atoms with Crippen molar-refractivity contribution in [3.05, 3.63) is 182 Å². The quantitative estimate of drug-likeness (QED) is 0.0536. The summed E-state index contributed by atoms with van der Waals surface area (Å²) in [6, 6.07) is 69.2. The van der Waals surface area contributed by atoms with Crippen LogP contribution in [0.3, 0.4) is 0 Å². The average molecular weight is 875 g/mol. The Morgan fingerprint density at radius 3 is 0.984 bits per heavy atom. The highest BCUT2D eigenvalue weighted by Gasteiger charge is 2.82. The van der Waals surface area contributed by atoms with E-state index in [0.29, 0.717) is 37.6 Å². The van der Waals surface area contributed by atoms with Crippen molar-refractivity contribution in [1.82, 2.24) is 0 Å². The summed E-state index contributed by atoms with van der Waals surface area (Å²) in [7, 11) is -8.14. The molecular weight excluding hydrogens is 809 g/mol. The number of fused-ring (bicyclic) bond motifs is 1. The first-order valence-corrected chi connectivity index (χ1v) is 29.4. The summed E-state index contributed by atoms with van der Waals surface area (Å²) in [5.74, 6) is 1.49. The van der Waals surface area contributed by atoms with Crippen LogP contribution < -0.4 is 31.1 Å². The largest absolute Gasteiger partial charge is 0.407 e. The van der Waals surface area contributed by atoms with Crippen LogP contribution in [-0.4, -0.2) is 56.0 Å². The predicted octanol–water partition coefficient (Wildman–Crippen LogP) is 8.81. The van der Waals surface area contributed by atoms with E-state index in [2.05, 4.69) is 224 Å². The van der Waals surface area contributed by atoms with Crippen LogP contribution in [0.2, 0.25) is 18.1 Å². The fourth-order valence-corrected chi connectivity index (χ4v) is 23.7. The summed E-state index contributed by atoms with van der Waals surface area (Å²) in [5.41, 5.74) is -1.00. The molecule has 0 radical (unpaired) electrons. The molecule has 1 saturated heterocycles. The van der Waals surface area contributed by atoms with Crippen LogP contribution in [0.25, 0.3) is 0 Å². The van der Waals surface area contributed by atoms with Gasteiger partial charge in [-0.2, -0.15) is 0 Å². The summed E-state index contributed by atoms with van der Waals surface area (Å²) >= 11 is 0. The molecule has 3 atom stereocenters. The first-order valence-electron chi connectivity index (χ1n) is 23.0. The molecule has 7 heteroatoms. The fourth-order valence-electron chi connectivity index (χ4n) is 10.7. The van der Waals surface area contributed by atoms with E-state index in [1.54, 1.807) is 0 Å². The van der Waals surface area contributed by atoms with Crippen molar-refractivity contribution < 1.29 is 18.0 Å². The zero-order chi connectivity index (χ0) is 43.3. The van der Waals surface area contributed by atoms with E-state index < -0.39 is 36.2 Å². The minimum absolute atomic E-state index is 0.143. The van der Waals surface area contributed by atoms with Gasteiger partial charge in [0.2, 0.25) is 0 Å². The molecule has 1 aliphatic heterocycles. The Hall–Kier alpha value is -4.19. The van der Waals surface area contributed by atoms with E-state index in [-0.39, 0.29) is 5.92 Å². The lowest BCUT2D eigenvalue weighted by molar-refractivity contribution is 0.0567. The highest BCUT2D eigenvalue weighted by Crippen LogP contribution is 2.67. The lowest BCUT2D eigenvalue weighted by atomic mass is 9.66. The van der Waals surface area contributed by atoms with Gasteiger partial charge in [0.15, 0.2) is 0 Å². The van der Waals surface area contributed by atoms with E-state index in [1.807, 2.05) is 0 Å². The summed E-state index contributed by atoms with van der Waals surface area (Å²) in [6.45, 7) is 15.6. The van der Waals surface area contributed by atoms with Crippen molar-refractivity contribution in [2.75, 3.05) is 19.8 Å². The van der Waals surface area contributed by atoms with Crippen LogP contribution >= 0.6 is 0 Å². The number of hydrogen-bond acceptors (Lipinski definition) is 4. The zero-order valence-electron chi connectivity index (χ0n) is 37.7. The van der Waals surface area contributed by atoms with Crippen molar-refractivity contribution in [3.63, 3.8) is 0 Å². The maximum atomic E-state index is 7.77. The molecule has 6 aromatic rings. The number of benzene rings is 6. The van der Waals surface area contributed by atoms with Crippen molar-refractivity contribution >= 4 is 56.1 Å². The highest BCUT2D eigenvalue weighted by atomic mass is 28.4. The molecule has 1 saturated carbocycles. The van der Waals surface area contributed by atoms with Gasteiger partial charge in [0.1, 0.15) is 11.2 Å². The number of ether oxygens (including phenoxy) is 1. The predicted molar refractivity (Wildman–Crippen MR) is 265 cm³/mol. The summed E-state index contributed by atoms with van der Waals surface area (Å²) in [5, 5.41) is 7.87. The zero-order valence-corrected chi connectivity index (χ0v) is 40.7. The molecule has 0 N–H and O–H groups in total. The Kier molecular flexibility index (Phi) is 13.5. The Balaban J connectivity index is 1.19. The van der Waals surface area contributed by atoms with Crippen molar-refractivity contribution in [2.24, 2.45) is 23.7 Å². The third-order valence-corrected chi connectivity index (χ3v) is 27.2. The third-order valence-electron chi connectivity index (χ3n) is 13.5. The van der Waals surface area contributed by atoms with E-state index in [9.17, 15) is 0 Å². The third kappa shape index (κ3) is 8.70. The number of epoxide rings is 1. The minimum Gasteiger partial charge on any atom is -0.407 e. The van der Waals surface area contributed by atoms with E-state index in [4.69, 9.17) is 18.0 Å². The van der Waals surface area contributed by atoms with Gasteiger partial charge in [0, 0.05) is 12.5 Å². The SMILES string of the molecule is CC(C)C[Si](OCC1CC2(CO[Si](CC(C)C)(c3ccccc3)c3ccccc3)OC12CO[Si](CC(C)C)(c1ccccc1)c1ccccc1)(c1ccccc1)c1ccccc1. The standard InChI is InChI=1S/C55H66O4Si3/c1-44(2)39-60(48-25-13-7-14-26-48,49-27-15-8-16-28-49)56-38-47-37-54(42-57-61(40-45(3)4,50-29-17-9-18-30-50)51-31-19-10-20-32-51)55(47,59-54)43-58-62(41-46(5)6,52-33-21-11-22-34-52)53-35-23-12-24-36-53/h7-36,44-47H,37-43H2,1-6H3. The molecule has 3 unspecified atom stereocenters. The van der Waals surface area contributed by atoms with Gasteiger partial charge < -0.3 is 18.0 Å². The maximum Gasteiger partial charge on any atom is 0.256 e. The minimum atomic E-state index is -2.76. The van der Waals surface area contributed by atoms with Crippen LogP contribution in [0.4, 0.5) is 0 Å². The van der Waals surface area contributed by atoms with E-state index in [0.717, 1.165) is 24.6 Å². The Morgan fingerprint density at radius 1 is 0.419 bits per heavy atom. The van der Waals surface area contributed by atoms with Gasteiger partial charge in [-0.25, -0.2) is 0 Å². The van der Waals surface area contributed by atoms with Crippen LogP contribution in [0.15, 0.2) is 182 Å². The Labute approximate surface area is 375 Å². The van der Waals surface area contributed by atoms with Gasteiger partial charge in [0.25, 0.3) is 25.0 Å². The molecule has 322 valence electrons. The van der Waals surface area contributed by atoms with Crippen LogP contribution in [0.1, 0.15) is 48.0 Å². The van der Waals surface area contributed by atoms with Gasteiger partial charge >= 0.3 is 0 Å². The molecule has 4 nitrogen and oxygen atoms in total. The topological polar surface area (TPSA) is 40.2 Å². The maximum absolute atomic E-state index is 7.77. The Bertz CT molecular complexity index is 2170. The van der Waals surface area contributed by atoms with E-state index >= 15 is 0 Å². The summed E-state index contributed by atoms with van der Waals surface area (Å²) in [6.07, 6.45) is 0.872. The smallest absolute Gasteiger partial charge is 0.256 e. The molecule has 2 fully saturated rings. The molecule has 0 amide bonds. The molecule has 1 heterocycles. The molecule has 6 aromatic carbocycles. The molecule has 0 bridgehead atoms. The lowest BCUT2D eigenvalue weighted by Gasteiger charge is -2.44. The van der Waals surface area contributed by atoms with Crippen molar-refractivity contribution in [1.29, 1.82) is 0 Å². The molecule has 0 spiro atoms. The van der Waals surface area contributed by atoms with Crippen molar-refractivity contribution in [2.45, 2.75) is 77.3 Å². The van der Waals surface area contributed by atoms with Gasteiger partial charge in [-0.05, 0) is 73.4 Å². The Morgan fingerprint density at radius 2 is 0.694 bits per heavy atom. The molecule has 0 aromatic heterocycles. The first-order chi connectivity index (χ1) is 30.1. The average Bonchev–Trinajstić information content (AvgIpc) is 3.83. The highest BCUT2D eigenvalue weighted by molar-refractivity contribution is 6.98. The van der Waals surface area contributed by atoms with Crippen LogP contribution in [-0.2, 0) is 18.0 Å². The number of rotatable bonds is 21. The molecule has 1 aliphatic carbocycles. The van der Waals surface area contributed by atoms with Crippen LogP contribution in [0.5, 0.6) is 0 Å². The second kappa shape index (κ2) is 18.9. The van der Waals surface area contributed by atoms with Crippen LogP contribution in [0, 0.1) is 23.7 Å². The normalized spacial score (nSPS) is 20.0. The number of hydrogen-bond donors (Lipinski definition) is 0. The van der Waals surface area contributed by atoms with Gasteiger partial charge in [-0.15, -0.1) is 0 Å². The second-order valence-corrected chi connectivity index (χ2v) is 29.8. The molecule has 8 rings (SSSR count). The lowest BCUT2D eigenvalue weighted by Crippen LogP contribution is -2.66. The molecule has 2 aliphatic rings. The summed E-state index contributed by atoms with van der Waals surface area (Å²) < 4.78 is 30.5.